The zero-order chi connectivity index (χ0) is 17.8. The number of hydrogen-bond donors (Lipinski definition) is 1. The summed E-state index contributed by atoms with van der Waals surface area (Å²) in [5.41, 5.74) is 5.37. The van der Waals surface area contributed by atoms with Crippen LogP contribution in [0.3, 0.4) is 0 Å². The largest absolute Gasteiger partial charge is 0.378 e. The molecule has 1 atom stereocenters. The van der Waals surface area contributed by atoms with Crippen LogP contribution in [0.5, 0.6) is 0 Å². The summed E-state index contributed by atoms with van der Waals surface area (Å²) in [5.74, 6) is 0.133. The lowest BCUT2D eigenvalue weighted by molar-refractivity contribution is -0.134. The summed E-state index contributed by atoms with van der Waals surface area (Å²) in [6.45, 7) is 4.11. The van der Waals surface area contributed by atoms with Gasteiger partial charge < -0.3 is 15.4 Å². The van der Waals surface area contributed by atoms with E-state index in [1.165, 1.54) is 23.1 Å². The topological polar surface area (TPSA) is 103 Å². The summed E-state index contributed by atoms with van der Waals surface area (Å²) in [5, 5.41) is 10.5. The van der Waals surface area contributed by atoms with Crippen molar-refractivity contribution in [3.63, 3.8) is 0 Å². The monoisotopic (exact) mass is 381 g/mol. The van der Waals surface area contributed by atoms with Gasteiger partial charge in [0.15, 0.2) is 11.0 Å². The first kappa shape index (κ1) is 17.9. The van der Waals surface area contributed by atoms with Crippen LogP contribution < -0.4 is 5.73 Å². The zero-order valence-corrected chi connectivity index (χ0v) is 15.4. The summed E-state index contributed by atoms with van der Waals surface area (Å²) in [4.78, 5) is 26.7. The van der Waals surface area contributed by atoms with Crippen molar-refractivity contribution in [2.45, 2.75) is 23.9 Å². The number of nitrogens with zero attached hydrogens (tertiary/aromatic N) is 4. The normalized spacial score (nSPS) is 16.0. The highest BCUT2D eigenvalue weighted by Gasteiger charge is 2.26. The van der Waals surface area contributed by atoms with Crippen molar-refractivity contribution in [2.24, 2.45) is 5.73 Å². The predicted molar refractivity (Wildman–Crippen MR) is 95.2 cm³/mol. The SMILES string of the molecule is CC(Sc1nnc(-c2cccs2)n1CC(N)=O)C(=O)N1CCOCC1. The van der Waals surface area contributed by atoms with Crippen molar-refractivity contribution in [3.8, 4) is 10.7 Å². The average Bonchev–Trinajstić information content (AvgIpc) is 3.25. The Balaban J connectivity index is 1.79. The van der Waals surface area contributed by atoms with Crippen LogP contribution in [0.25, 0.3) is 10.7 Å². The van der Waals surface area contributed by atoms with Gasteiger partial charge in [-0.2, -0.15) is 0 Å². The number of nitrogens with two attached hydrogens (primary N) is 1. The van der Waals surface area contributed by atoms with E-state index in [0.717, 1.165) is 4.88 Å². The quantitative estimate of drug-likeness (QED) is 0.744. The average molecular weight is 381 g/mol. The first-order chi connectivity index (χ1) is 12.1. The Morgan fingerprint density at radius 2 is 2.16 bits per heavy atom. The molecule has 0 spiro atoms. The van der Waals surface area contributed by atoms with Crippen molar-refractivity contribution in [1.29, 1.82) is 0 Å². The molecule has 134 valence electrons. The van der Waals surface area contributed by atoms with E-state index < -0.39 is 5.91 Å². The number of hydrogen-bond acceptors (Lipinski definition) is 7. The Kier molecular flexibility index (Phi) is 5.71. The number of aromatic nitrogens is 3. The van der Waals surface area contributed by atoms with Crippen molar-refractivity contribution >= 4 is 34.9 Å². The highest BCUT2D eigenvalue weighted by molar-refractivity contribution is 8.00. The van der Waals surface area contributed by atoms with Crippen LogP contribution in [0.4, 0.5) is 0 Å². The maximum atomic E-state index is 12.6. The fourth-order valence-electron chi connectivity index (χ4n) is 2.51. The number of ether oxygens (including phenoxy) is 1. The molecule has 0 aliphatic carbocycles. The number of carbonyl (C=O) groups excluding carboxylic acids is 2. The molecule has 1 aliphatic rings. The number of carbonyl (C=O) groups is 2. The van der Waals surface area contributed by atoms with E-state index in [0.29, 0.717) is 37.3 Å². The molecule has 25 heavy (non-hydrogen) atoms. The summed E-state index contributed by atoms with van der Waals surface area (Å²) < 4.78 is 6.95. The van der Waals surface area contributed by atoms with Crippen LogP contribution in [-0.4, -0.2) is 63.0 Å². The number of rotatable bonds is 6. The Morgan fingerprint density at radius 1 is 1.40 bits per heavy atom. The second-order valence-corrected chi connectivity index (χ2v) is 7.79. The van der Waals surface area contributed by atoms with Crippen LogP contribution in [0.1, 0.15) is 6.92 Å². The van der Waals surface area contributed by atoms with Gasteiger partial charge in [0.1, 0.15) is 6.54 Å². The molecule has 3 rings (SSSR count). The van der Waals surface area contributed by atoms with Crippen molar-refractivity contribution in [2.75, 3.05) is 26.3 Å². The van der Waals surface area contributed by atoms with Gasteiger partial charge in [-0.05, 0) is 18.4 Å². The highest BCUT2D eigenvalue weighted by atomic mass is 32.2. The maximum absolute atomic E-state index is 12.6. The molecule has 2 aromatic rings. The number of primary amides is 1. The molecule has 0 bridgehead atoms. The minimum absolute atomic E-state index is 0.0268. The molecule has 2 aromatic heterocycles. The molecule has 0 saturated carbocycles. The van der Waals surface area contributed by atoms with Gasteiger partial charge in [-0.25, -0.2) is 0 Å². The Hall–Kier alpha value is -1.91. The van der Waals surface area contributed by atoms with Crippen LogP contribution in [0.15, 0.2) is 22.7 Å². The number of thioether (sulfide) groups is 1. The Bertz CT molecular complexity index is 740. The van der Waals surface area contributed by atoms with E-state index in [1.807, 2.05) is 24.4 Å². The van der Waals surface area contributed by atoms with Crippen molar-refractivity contribution in [3.05, 3.63) is 17.5 Å². The predicted octanol–water partition coefficient (Wildman–Crippen LogP) is 0.831. The van der Waals surface area contributed by atoms with Crippen LogP contribution in [-0.2, 0) is 20.9 Å². The smallest absolute Gasteiger partial charge is 0.237 e. The number of amides is 2. The molecule has 1 unspecified atom stereocenters. The first-order valence-electron chi connectivity index (χ1n) is 7.85. The third kappa shape index (κ3) is 4.20. The second kappa shape index (κ2) is 7.98. The van der Waals surface area contributed by atoms with Gasteiger partial charge in [0.25, 0.3) is 0 Å². The molecule has 3 heterocycles. The molecule has 8 nitrogen and oxygen atoms in total. The lowest BCUT2D eigenvalue weighted by Crippen LogP contribution is -2.44. The van der Waals surface area contributed by atoms with Crippen LogP contribution >= 0.6 is 23.1 Å². The maximum Gasteiger partial charge on any atom is 0.237 e. The molecule has 0 radical (unpaired) electrons. The van der Waals surface area contributed by atoms with Crippen LogP contribution in [0, 0.1) is 0 Å². The molecule has 1 saturated heterocycles. The summed E-state index contributed by atoms with van der Waals surface area (Å²) in [6, 6.07) is 3.81. The summed E-state index contributed by atoms with van der Waals surface area (Å²) in [7, 11) is 0. The van der Waals surface area contributed by atoms with Gasteiger partial charge in [-0.3, -0.25) is 14.2 Å². The lowest BCUT2D eigenvalue weighted by Gasteiger charge is -2.28. The van der Waals surface area contributed by atoms with Crippen molar-refractivity contribution in [1.82, 2.24) is 19.7 Å². The molecule has 0 aromatic carbocycles. The first-order valence-corrected chi connectivity index (χ1v) is 9.60. The number of thiophene rings is 1. The third-order valence-electron chi connectivity index (χ3n) is 3.73. The molecule has 10 heteroatoms. The number of morpholine rings is 1. The minimum Gasteiger partial charge on any atom is -0.378 e. The Morgan fingerprint density at radius 3 is 2.80 bits per heavy atom. The van der Waals surface area contributed by atoms with Gasteiger partial charge in [0.2, 0.25) is 11.8 Å². The molecule has 1 fully saturated rings. The molecular weight excluding hydrogens is 362 g/mol. The zero-order valence-electron chi connectivity index (χ0n) is 13.8. The highest BCUT2D eigenvalue weighted by Crippen LogP contribution is 2.29. The van der Waals surface area contributed by atoms with E-state index in [2.05, 4.69) is 10.2 Å². The van der Waals surface area contributed by atoms with Gasteiger partial charge in [-0.1, -0.05) is 17.8 Å². The van der Waals surface area contributed by atoms with Gasteiger partial charge >= 0.3 is 0 Å². The van der Waals surface area contributed by atoms with Gasteiger partial charge in [-0.15, -0.1) is 21.5 Å². The van der Waals surface area contributed by atoms with E-state index in [-0.39, 0.29) is 17.7 Å². The van der Waals surface area contributed by atoms with E-state index in [4.69, 9.17) is 10.5 Å². The van der Waals surface area contributed by atoms with Gasteiger partial charge in [0.05, 0.1) is 23.3 Å². The third-order valence-corrected chi connectivity index (χ3v) is 5.66. The molecule has 2 amide bonds. The van der Waals surface area contributed by atoms with E-state index in [1.54, 1.807) is 9.47 Å². The lowest BCUT2D eigenvalue weighted by atomic mass is 10.3. The summed E-state index contributed by atoms with van der Waals surface area (Å²) in [6.07, 6.45) is 0. The molecular formula is C15H19N5O3S2. The summed E-state index contributed by atoms with van der Waals surface area (Å²) >= 11 is 2.79. The Labute approximate surface area is 153 Å². The fraction of sp³-hybridized carbons (Fsp3) is 0.467. The molecule has 2 N–H and O–H groups in total. The second-order valence-electron chi connectivity index (χ2n) is 5.53. The van der Waals surface area contributed by atoms with E-state index >= 15 is 0 Å². The minimum atomic E-state index is -0.480. The standard InChI is InChI=1S/C15H19N5O3S2/c1-10(14(22)19-4-6-23-7-5-19)25-15-18-17-13(11-3-2-8-24-11)20(15)9-12(16)21/h2-3,8,10H,4-7,9H2,1H3,(H2,16,21). The van der Waals surface area contributed by atoms with Gasteiger partial charge in [0, 0.05) is 13.1 Å². The fourth-order valence-corrected chi connectivity index (χ4v) is 4.16. The van der Waals surface area contributed by atoms with Crippen molar-refractivity contribution < 1.29 is 14.3 Å². The molecule has 1 aliphatic heterocycles. The van der Waals surface area contributed by atoms with E-state index in [9.17, 15) is 9.59 Å². The van der Waals surface area contributed by atoms with Crippen LogP contribution in [0.2, 0.25) is 0 Å².